The Kier molecular flexibility index (Phi) is 4.29. The fourth-order valence-corrected chi connectivity index (χ4v) is 1.99. The highest BCUT2D eigenvalue weighted by atomic mass is 16.4. The van der Waals surface area contributed by atoms with Crippen LogP contribution in [0.25, 0.3) is 0 Å². The van der Waals surface area contributed by atoms with Gasteiger partial charge in [-0.05, 0) is 12.3 Å². The van der Waals surface area contributed by atoms with Crippen LogP contribution >= 0.6 is 0 Å². The summed E-state index contributed by atoms with van der Waals surface area (Å²) in [6.07, 6.45) is 1.08. The molecule has 1 amide bonds. The molecule has 1 aliphatic rings. The van der Waals surface area contributed by atoms with Gasteiger partial charge in [-0.3, -0.25) is 9.59 Å². The highest BCUT2D eigenvalue weighted by Gasteiger charge is 2.36. The van der Waals surface area contributed by atoms with Crippen LogP contribution in [0.5, 0.6) is 0 Å². The van der Waals surface area contributed by atoms with Gasteiger partial charge in [-0.15, -0.1) is 0 Å². The van der Waals surface area contributed by atoms with Gasteiger partial charge >= 0.3 is 5.97 Å². The Balaban J connectivity index is 2.51. The van der Waals surface area contributed by atoms with E-state index < -0.39 is 11.9 Å². The van der Waals surface area contributed by atoms with Crippen LogP contribution in [-0.2, 0) is 9.59 Å². The molecule has 0 saturated carbocycles. The van der Waals surface area contributed by atoms with Crippen LogP contribution in [0.2, 0.25) is 0 Å². The minimum absolute atomic E-state index is 0.0232. The predicted octanol–water partition coefficient (Wildman–Crippen LogP) is 0.293. The van der Waals surface area contributed by atoms with Gasteiger partial charge in [-0.2, -0.15) is 0 Å². The third kappa shape index (κ3) is 2.95. The van der Waals surface area contributed by atoms with E-state index in [9.17, 15) is 9.59 Å². The van der Waals surface area contributed by atoms with Gasteiger partial charge in [0.2, 0.25) is 5.91 Å². The van der Waals surface area contributed by atoms with Crippen molar-refractivity contribution in [1.29, 1.82) is 0 Å². The van der Waals surface area contributed by atoms with E-state index in [1.54, 1.807) is 4.90 Å². The number of nitrogens with two attached hydrogens (primary N) is 1. The molecule has 92 valence electrons. The summed E-state index contributed by atoms with van der Waals surface area (Å²) in [5.41, 5.74) is 5.71. The summed E-state index contributed by atoms with van der Waals surface area (Å²) in [6.45, 7) is 4.66. The van der Waals surface area contributed by atoms with E-state index in [4.69, 9.17) is 10.8 Å². The van der Waals surface area contributed by atoms with Crippen molar-refractivity contribution in [2.75, 3.05) is 13.1 Å². The number of hydrogen-bond donors (Lipinski definition) is 2. The third-order valence-electron chi connectivity index (χ3n) is 3.24. The molecule has 1 rings (SSSR count). The van der Waals surface area contributed by atoms with Gasteiger partial charge in [0, 0.05) is 25.6 Å². The maximum Gasteiger partial charge on any atom is 0.308 e. The van der Waals surface area contributed by atoms with Crippen LogP contribution in [0, 0.1) is 11.8 Å². The molecule has 0 aromatic carbocycles. The summed E-state index contributed by atoms with van der Waals surface area (Å²) in [4.78, 5) is 24.3. The first kappa shape index (κ1) is 13.0. The Morgan fingerprint density at radius 2 is 2.12 bits per heavy atom. The molecule has 1 unspecified atom stereocenters. The number of carbonyl (C=O) groups excluding carboxylic acids is 1. The largest absolute Gasteiger partial charge is 0.481 e. The van der Waals surface area contributed by atoms with E-state index in [0.29, 0.717) is 19.5 Å². The van der Waals surface area contributed by atoms with Crippen LogP contribution in [0.15, 0.2) is 0 Å². The topological polar surface area (TPSA) is 83.6 Å². The average Bonchev–Trinajstić information content (AvgIpc) is 2.60. The molecule has 5 heteroatoms. The van der Waals surface area contributed by atoms with E-state index in [1.165, 1.54) is 0 Å². The molecular formula is C11H20N2O3. The van der Waals surface area contributed by atoms with Crippen molar-refractivity contribution in [2.45, 2.75) is 32.7 Å². The lowest BCUT2D eigenvalue weighted by atomic mass is 9.99. The van der Waals surface area contributed by atoms with Crippen LogP contribution < -0.4 is 5.73 Å². The number of likely N-dealkylation sites (tertiary alicyclic amines) is 1. The Morgan fingerprint density at radius 1 is 1.50 bits per heavy atom. The van der Waals surface area contributed by atoms with Gasteiger partial charge in [0.25, 0.3) is 0 Å². The fraction of sp³-hybridized carbons (Fsp3) is 0.818. The second-order valence-electron chi connectivity index (χ2n) is 4.59. The lowest BCUT2D eigenvalue weighted by Gasteiger charge is -2.18. The van der Waals surface area contributed by atoms with Gasteiger partial charge < -0.3 is 15.7 Å². The summed E-state index contributed by atoms with van der Waals surface area (Å²) in [5, 5.41) is 8.95. The summed E-state index contributed by atoms with van der Waals surface area (Å²) in [5.74, 6) is -1.24. The number of hydrogen-bond acceptors (Lipinski definition) is 3. The lowest BCUT2D eigenvalue weighted by Crippen LogP contribution is -2.34. The van der Waals surface area contributed by atoms with Gasteiger partial charge in [-0.1, -0.05) is 13.8 Å². The number of aliphatic carboxylic acids is 1. The number of carbonyl (C=O) groups is 2. The zero-order valence-corrected chi connectivity index (χ0v) is 9.85. The van der Waals surface area contributed by atoms with E-state index in [2.05, 4.69) is 0 Å². The van der Waals surface area contributed by atoms with Gasteiger partial charge in [0.1, 0.15) is 0 Å². The third-order valence-corrected chi connectivity index (χ3v) is 3.24. The lowest BCUT2D eigenvalue weighted by molar-refractivity contribution is -0.142. The predicted molar refractivity (Wildman–Crippen MR) is 59.8 cm³/mol. The van der Waals surface area contributed by atoms with Crippen molar-refractivity contribution < 1.29 is 14.7 Å². The Bertz CT molecular complexity index is 280. The molecule has 5 nitrogen and oxygen atoms in total. The minimum atomic E-state index is -0.817. The summed E-state index contributed by atoms with van der Waals surface area (Å²) < 4.78 is 0. The molecule has 0 spiro atoms. The second kappa shape index (κ2) is 5.30. The zero-order valence-electron chi connectivity index (χ0n) is 9.85. The molecule has 16 heavy (non-hydrogen) atoms. The first-order valence-corrected chi connectivity index (χ1v) is 5.71. The molecule has 0 aromatic heterocycles. The first-order valence-electron chi connectivity index (χ1n) is 5.71. The summed E-state index contributed by atoms with van der Waals surface area (Å²) >= 11 is 0. The van der Waals surface area contributed by atoms with Crippen LogP contribution in [0.4, 0.5) is 0 Å². The number of carboxylic acid groups (broad SMARTS) is 1. The molecular weight excluding hydrogens is 208 g/mol. The number of nitrogens with zero attached hydrogens (tertiary/aromatic N) is 1. The highest BCUT2D eigenvalue weighted by Crippen LogP contribution is 2.23. The normalized spacial score (nSPS) is 26.8. The number of amides is 1. The molecule has 1 fully saturated rings. The standard InChI is InChI=1S/C11H20N2O3/c1-3-8(12)4-10(14)13-5-7(2)9(6-13)11(15)16/h7-9H,3-6,12H2,1-2H3,(H,15,16)/t7-,8?,9-/m1/s1. The van der Waals surface area contributed by atoms with E-state index in [-0.39, 0.29) is 17.9 Å². The Labute approximate surface area is 95.6 Å². The van der Waals surface area contributed by atoms with Crippen molar-refractivity contribution in [3.63, 3.8) is 0 Å². The van der Waals surface area contributed by atoms with Gasteiger partial charge in [0.15, 0.2) is 0 Å². The van der Waals surface area contributed by atoms with Crippen LogP contribution in [0.1, 0.15) is 26.7 Å². The second-order valence-corrected chi connectivity index (χ2v) is 4.59. The van der Waals surface area contributed by atoms with E-state index in [1.807, 2.05) is 13.8 Å². The fourth-order valence-electron chi connectivity index (χ4n) is 1.99. The monoisotopic (exact) mass is 228 g/mol. The van der Waals surface area contributed by atoms with Crippen molar-refractivity contribution in [3.05, 3.63) is 0 Å². The summed E-state index contributed by atoms with van der Waals surface area (Å²) in [6, 6.07) is -0.119. The maximum absolute atomic E-state index is 11.8. The molecule has 0 radical (unpaired) electrons. The SMILES string of the molecule is CCC(N)CC(=O)N1C[C@@H](C)[C@H](C(=O)O)C1. The molecule has 3 N–H and O–H groups in total. The van der Waals surface area contributed by atoms with Crippen molar-refractivity contribution in [3.8, 4) is 0 Å². The maximum atomic E-state index is 11.8. The smallest absolute Gasteiger partial charge is 0.308 e. The molecule has 0 aromatic rings. The molecule has 1 saturated heterocycles. The Morgan fingerprint density at radius 3 is 2.56 bits per heavy atom. The van der Waals surface area contributed by atoms with Crippen molar-refractivity contribution >= 4 is 11.9 Å². The van der Waals surface area contributed by atoms with Crippen LogP contribution in [-0.4, -0.2) is 41.0 Å². The van der Waals surface area contributed by atoms with E-state index in [0.717, 1.165) is 6.42 Å². The molecule has 0 aliphatic carbocycles. The van der Waals surface area contributed by atoms with Crippen molar-refractivity contribution in [2.24, 2.45) is 17.6 Å². The zero-order chi connectivity index (χ0) is 12.3. The first-order chi connectivity index (χ1) is 7.45. The van der Waals surface area contributed by atoms with Crippen molar-refractivity contribution in [1.82, 2.24) is 4.90 Å². The average molecular weight is 228 g/mol. The molecule has 1 heterocycles. The van der Waals surface area contributed by atoms with Crippen LogP contribution in [0.3, 0.4) is 0 Å². The quantitative estimate of drug-likeness (QED) is 0.724. The minimum Gasteiger partial charge on any atom is -0.481 e. The molecule has 0 bridgehead atoms. The van der Waals surface area contributed by atoms with E-state index >= 15 is 0 Å². The van der Waals surface area contributed by atoms with Gasteiger partial charge in [0.05, 0.1) is 5.92 Å². The molecule has 3 atom stereocenters. The number of carboxylic acids is 1. The van der Waals surface area contributed by atoms with Gasteiger partial charge in [-0.25, -0.2) is 0 Å². The Hall–Kier alpha value is -1.10. The summed E-state index contributed by atoms with van der Waals surface area (Å²) in [7, 11) is 0. The highest BCUT2D eigenvalue weighted by molar-refractivity contribution is 5.79. The number of rotatable bonds is 4. The molecule has 1 aliphatic heterocycles.